The van der Waals surface area contributed by atoms with E-state index in [0.29, 0.717) is 0 Å². The van der Waals surface area contributed by atoms with Crippen LogP contribution in [0.2, 0.25) is 0 Å². The Morgan fingerprint density at radius 3 is 2.81 bits per heavy atom. The molecule has 0 aliphatic carbocycles. The van der Waals surface area contributed by atoms with Gasteiger partial charge in [-0.2, -0.15) is 0 Å². The Morgan fingerprint density at radius 2 is 2.25 bits per heavy atom. The molecular formula is C10H13BrN4S. The monoisotopic (exact) mass is 300 g/mol. The molecule has 0 saturated heterocycles. The first kappa shape index (κ1) is 11.8. The van der Waals surface area contributed by atoms with E-state index in [1.807, 2.05) is 18.5 Å². The Labute approximate surface area is 107 Å². The minimum Gasteiger partial charge on any atom is -0.317 e. The summed E-state index contributed by atoms with van der Waals surface area (Å²) in [4.78, 5) is 1.31. The molecule has 0 saturated carbocycles. The molecular weight excluding hydrogens is 288 g/mol. The molecule has 0 spiro atoms. The number of nitrogens with one attached hydrogen (secondary N) is 1. The second-order valence-corrected chi connectivity index (χ2v) is 5.47. The summed E-state index contributed by atoms with van der Waals surface area (Å²) in [7, 11) is 1.98. The van der Waals surface area contributed by atoms with Gasteiger partial charge in [-0.15, -0.1) is 21.5 Å². The summed E-state index contributed by atoms with van der Waals surface area (Å²) in [5, 5.41) is 13.5. The summed E-state index contributed by atoms with van der Waals surface area (Å²) in [6.45, 7) is 3.56. The third kappa shape index (κ3) is 2.69. The highest BCUT2D eigenvalue weighted by molar-refractivity contribution is 9.10. The van der Waals surface area contributed by atoms with Crippen molar-refractivity contribution in [3.8, 4) is 0 Å². The highest BCUT2D eigenvalue weighted by Gasteiger charge is 2.04. The number of thiophene rings is 1. The smallest absolute Gasteiger partial charge is 0.146 e. The van der Waals surface area contributed by atoms with Crippen LogP contribution in [0.1, 0.15) is 16.5 Å². The zero-order valence-electron chi connectivity index (χ0n) is 9.20. The van der Waals surface area contributed by atoms with Crippen LogP contribution in [-0.2, 0) is 20.1 Å². The number of aryl methyl sites for hydroxylation is 1. The third-order valence-corrected chi connectivity index (χ3v) is 4.08. The SMILES string of the molecule is Cc1nnc(CNCc2cc(Br)cs2)n1C. The Kier molecular flexibility index (Phi) is 3.73. The summed E-state index contributed by atoms with van der Waals surface area (Å²) in [6.07, 6.45) is 0. The molecule has 1 N–H and O–H groups in total. The van der Waals surface area contributed by atoms with Gasteiger partial charge in [0.05, 0.1) is 6.54 Å². The molecule has 2 aromatic heterocycles. The van der Waals surface area contributed by atoms with Gasteiger partial charge in [-0.25, -0.2) is 0 Å². The quantitative estimate of drug-likeness (QED) is 0.942. The first-order chi connectivity index (χ1) is 7.66. The van der Waals surface area contributed by atoms with Crippen molar-refractivity contribution in [3.05, 3.63) is 32.4 Å². The maximum atomic E-state index is 4.10. The largest absolute Gasteiger partial charge is 0.317 e. The van der Waals surface area contributed by atoms with Crippen molar-refractivity contribution in [2.45, 2.75) is 20.0 Å². The second-order valence-electron chi connectivity index (χ2n) is 3.56. The van der Waals surface area contributed by atoms with Crippen molar-refractivity contribution in [2.75, 3.05) is 0 Å². The fourth-order valence-electron chi connectivity index (χ4n) is 1.35. The van der Waals surface area contributed by atoms with E-state index in [9.17, 15) is 0 Å². The zero-order chi connectivity index (χ0) is 11.5. The van der Waals surface area contributed by atoms with E-state index in [0.717, 1.165) is 29.2 Å². The molecule has 0 amide bonds. The van der Waals surface area contributed by atoms with E-state index in [1.54, 1.807) is 11.3 Å². The standard InChI is InChI=1S/C10H13BrN4S/c1-7-13-14-10(15(7)2)5-12-4-9-3-8(11)6-16-9/h3,6,12H,4-5H2,1-2H3. The van der Waals surface area contributed by atoms with Crippen molar-refractivity contribution in [3.63, 3.8) is 0 Å². The van der Waals surface area contributed by atoms with Crippen molar-refractivity contribution in [2.24, 2.45) is 7.05 Å². The lowest BCUT2D eigenvalue weighted by molar-refractivity contribution is 0.638. The van der Waals surface area contributed by atoms with Crippen LogP contribution in [0.4, 0.5) is 0 Å². The van der Waals surface area contributed by atoms with Gasteiger partial charge in [0, 0.05) is 28.3 Å². The molecule has 86 valence electrons. The van der Waals surface area contributed by atoms with Crippen LogP contribution in [0.25, 0.3) is 0 Å². The Hall–Kier alpha value is -0.720. The molecule has 0 unspecified atom stereocenters. The molecule has 0 aromatic carbocycles. The van der Waals surface area contributed by atoms with Crippen LogP contribution in [0.5, 0.6) is 0 Å². The van der Waals surface area contributed by atoms with Crippen LogP contribution >= 0.6 is 27.3 Å². The maximum Gasteiger partial charge on any atom is 0.146 e. The first-order valence-corrected chi connectivity index (χ1v) is 6.62. The normalized spacial score (nSPS) is 10.9. The van der Waals surface area contributed by atoms with Crippen molar-refractivity contribution in [1.82, 2.24) is 20.1 Å². The van der Waals surface area contributed by atoms with Gasteiger partial charge in [-0.3, -0.25) is 0 Å². The number of halogens is 1. The van der Waals surface area contributed by atoms with Crippen LogP contribution in [0.15, 0.2) is 15.9 Å². The minimum atomic E-state index is 0.743. The molecule has 0 aliphatic rings. The number of aromatic nitrogens is 3. The van der Waals surface area contributed by atoms with Crippen molar-refractivity contribution < 1.29 is 0 Å². The van der Waals surface area contributed by atoms with Crippen LogP contribution in [0, 0.1) is 6.92 Å². The van der Waals surface area contributed by atoms with Gasteiger partial charge < -0.3 is 9.88 Å². The molecule has 0 radical (unpaired) electrons. The average Bonchev–Trinajstić information content (AvgIpc) is 2.79. The molecule has 2 aromatic rings. The molecule has 16 heavy (non-hydrogen) atoms. The van der Waals surface area contributed by atoms with Crippen molar-refractivity contribution in [1.29, 1.82) is 0 Å². The van der Waals surface area contributed by atoms with E-state index < -0.39 is 0 Å². The molecule has 0 bridgehead atoms. The lowest BCUT2D eigenvalue weighted by atomic mass is 10.4. The first-order valence-electron chi connectivity index (χ1n) is 4.95. The molecule has 0 atom stereocenters. The van der Waals surface area contributed by atoms with Crippen LogP contribution in [-0.4, -0.2) is 14.8 Å². The van der Waals surface area contributed by atoms with E-state index in [4.69, 9.17) is 0 Å². The lowest BCUT2D eigenvalue weighted by Crippen LogP contribution is -2.15. The van der Waals surface area contributed by atoms with Gasteiger partial charge in [-0.05, 0) is 28.9 Å². The van der Waals surface area contributed by atoms with Gasteiger partial charge in [0.15, 0.2) is 0 Å². The Balaban J connectivity index is 1.86. The molecule has 0 aliphatic heterocycles. The number of rotatable bonds is 4. The van der Waals surface area contributed by atoms with Gasteiger partial charge >= 0.3 is 0 Å². The molecule has 2 heterocycles. The third-order valence-electron chi connectivity index (χ3n) is 2.39. The van der Waals surface area contributed by atoms with E-state index in [2.05, 4.69) is 42.9 Å². The predicted molar refractivity (Wildman–Crippen MR) is 68.3 cm³/mol. The topological polar surface area (TPSA) is 42.7 Å². The van der Waals surface area contributed by atoms with Gasteiger partial charge in [0.25, 0.3) is 0 Å². The van der Waals surface area contributed by atoms with E-state index in [-0.39, 0.29) is 0 Å². The molecule has 6 heteroatoms. The Morgan fingerprint density at radius 1 is 1.44 bits per heavy atom. The van der Waals surface area contributed by atoms with Crippen molar-refractivity contribution >= 4 is 27.3 Å². The molecule has 4 nitrogen and oxygen atoms in total. The highest BCUT2D eigenvalue weighted by Crippen LogP contribution is 2.19. The summed E-state index contributed by atoms with van der Waals surface area (Å²) >= 11 is 5.18. The fraction of sp³-hybridized carbons (Fsp3) is 0.400. The second kappa shape index (κ2) is 5.07. The zero-order valence-corrected chi connectivity index (χ0v) is 11.6. The lowest BCUT2D eigenvalue weighted by Gasteiger charge is -2.02. The van der Waals surface area contributed by atoms with Crippen LogP contribution in [0.3, 0.4) is 0 Å². The van der Waals surface area contributed by atoms with Crippen LogP contribution < -0.4 is 5.32 Å². The summed E-state index contributed by atoms with van der Waals surface area (Å²) in [5.74, 6) is 1.91. The Bertz CT molecular complexity index is 477. The summed E-state index contributed by atoms with van der Waals surface area (Å²) in [6, 6.07) is 2.12. The predicted octanol–water partition coefficient (Wildman–Crippen LogP) is 2.24. The number of nitrogens with zero attached hydrogens (tertiary/aromatic N) is 3. The van der Waals surface area contributed by atoms with Gasteiger partial charge in [-0.1, -0.05) is 0 Å². The summed E-state index contributed by atoms with van der Waals surface area (Å²) in [5.41, 5.74) is 0. The molecule has 2 rings (SSSR count). The van der Waals surface area contributed by atoms with Gasteiger partial charge in [0.1, 0.15) is 11.6 Å². The average molecular weight is 301 g/mol. The fourth-order valence-corrected chi connectivity index (χ4v) is 2.77. The summed E-state index contributed by atoms with van der Waals surface area (Å²) < 4.78 is 3.14. The minimum absolute atomic E-state index is 0.743. The van der Waals surface area contributed by atoms with E-state index >= 15 is 0 Å². The molecule has 0 fully saturated rings. The maximum absolute atomic E-state index is 4.10. The highest BCUT2D eigenvalue weighted by atomic mass is 79.9. The van der Waals surface area contributed by atoms with Gasteiger partial charge in [0.2, 0.25) is 0 Å². The number of hydrogen-bond donors (Lipinski definition) is 1. The number of hydrogen-bond acceptors (Lipinski definition) is 4. The van der Waals surface area contributed by atoms with E-state index in [1.165, 1.54) is 4.88 Å².